The van der Waals surface area contributed by atoms with Crippen LogP contribution in [0.5, 0.6) is 0 Å². The van der Waals surface area contributed by atoms with E-state index in [1.807, 2.05) is 44.2 Å². The molecule has 0 N–H and O–H groups in total. The van der Waals surface area contributed by atoms with Crippen LogP contribution in [0.3, 0.4) is 0 Å². The molecule has 66 valence electrons. The normalized spacial score (nSPS) is 13.2. The van der Waals surface area contributed by atoms with Crippen molar-refractivity contribution in [2.45, 2.75) is 24.0 Å². The quantitative estimate of drug-likeness (QED) is 0.698. The van der Waals surface area contributed by atoms with Crippen LogP contribution >= 0.6 is 10.8 Å². The molecule has 1 unspecified atom stereocenters. The molecular formula is C9H12OS2. The maximum absolute atomic E-state index is 11.5. The predicted molar refractivity (Wildman–Crippen MR) is 55.6 cm³/mol. The van der Waals surface area contributed by atoms with Crippen molar-refractivity contribution in [3.05, 3.63) is 30.3 Å². The molecule has 3 heteroatoms. The summed E-state index contributed by atoms with van der Waals surface area (Å²) >= 11 is 0. The molecule has 0 aromatic heterocycles. The van der Waals surface area contributed by atoms with Crippen LogP contribution in [0.4, 0.5) is 0 Å². The van der Waals surface area contributed by atoms with E-state index in [2.05, 4.69) is 0 Å². The van der Waals surface area contributed by atoms with Gasteiger partial charge in [-0.3, -0.25) is 0 Å². The third-order valence-corrected chi connectivity index (χ3v) is 4.69. The molecule has 1 nitrogen and oxygen atoms in total. The summed E-state index contributed by atoms with van der Waals surface area (Å²) in [6.45, 7) is 4.09. The molecule has 0 aliphatic carbocycles. The van der Waals surface area contributed by atoms with E-state index < -0.39 is 9.83 Å². The molecule has 0 bridgehead atoms. The van der Waals surface area contributed by atoms with Crippen LogP contribution in [0.15, 0.2) is 35.2 Å². The molecule has 0 radical (unpaired) electrons. The summed E-state index contributed by atoms with van der Waals surface area (Å²) in [6.07, 6.45) is 0. The van der Waals surface area contributed by atoms with Gasteiger partial charge in [-0.25, -0.2) is 4.21 Å². The lowest BCUT2D eigenvalue weighted by atomic mass is 10.4. The fraction of sp³-hybridized carbons (Fsp3) is 0.333. The van der Waals surface area contributed by atoms with Crippen molar-refractivity contribution in [2.75, 3.05) is 0 Å². The highest BCUT2D eigenvalue weighted by Crippen LogP contribution is 2.21. The Hall–Kier alpha value is -0.280. The minimum atomic E-state index is -0.897. The summed E-state index contributed by atoms with van der Waals surface area (Å²) in [7, 11) is 0.583. The van der Waals surface area contributed by atoms with Gasteiger partial charge < -0.3 is 0 Å². The predicted octanol–water partition coefficient (Wildman–Crippen LogP) is 2.85. The highest BCUT2D eigenvalue weighted by atomic mass is 33.1. The minimum Gasteiger partial charge on any atom is -0.243 e. The fourth-order valence-electron chi connectivity index (χ4n) is 0.762. The van der Waals surface area contributed by atoms with Gasteiger partial charge in [0.1, 0.15) is 9.83 Å². The van der Waals surface area contributed by atoms with Crippen LogP contribution in [-0.4, -0.2) is 9.46 Å². The standard InChI is InChI=1S/C9H12OS2/c1-8(2)11-12(10)9-6-4-3-5-7-9/h3-8H,1-2H3. The van der Waals surface area contributed by atoms with Crippen molar-refractivity contribution < 1.29 is 4.21 Å². The Morgan fingerprint density at radius 2 is 1.83 bits per heavy atom. The summed E-state index contributed by atoms with van der Waals surface area (Å²) in [5.74, 6) is 0. The van der Waals surface area contributed by atoms with Gasteiger partial charge in [0.15, 0.2) is 0 Å². The lowest BCUT2D eigenvalue weighted by Crippen LogP contribution is -1.92. The van der Waals surface area contributed by atoms with Crippen LogP contribution in [0, 0.1) is 0 Å². The van der Waals surface area contributed by atoms with Gasteiger partial charge >= 0.3 is 0 Å². The molecule has 1 aromatic carbocycles. The Morgan fingerprint density at radius 1 is 1.25 bits per heavy atom. The van der Waals surface area contributed by atoms with E-state index in [0.29, 0.717) is 5.25 Å². The molecule has 0 aliphatic rings. The lowest BCUT2D eigenvalue weighted by Gasteiger charge is -2.03. The van der Waals surface area contributed by atoms with Crippen molar-refractivity contribution in [3.8, 4) is 0 Å². The number of hydrogen-bond acceptors (Lipinski definition) is 2. The second-order valence-electron chi connectivity index (χ2n) is 2.69. The number of rotatable bonds is 3. The first-order chi connectivity index (χ1) is 5.70. The Morgan fingerprint density at radius 3 is 2.33 bits per heavy atom. The molecule has 12 heavy (non-hydrogen) atoms. The lowest BCUT2D eigenvalue weighted by molar-refractivity contribution is 0.691. The second-order valence-corrected chi connectivity index (χ2v) is 6.25. The summed E-state index contributed by atoms with van der Waals surface area (Å²) in [5, 5.41) is 0.408. The molecule has 1 aromatic rings. The molecule has 1 rings (SSSR count). The molecule has 0 aliphatic heterocycles. The van der Waals surface area contributed by atoms with Crippen LogP contribution in [0.25, 0.3) is 0 Å². The average Bonchev–Trinajstić information content (AvgIpc) is 2.05. The summed E-state index contributed by atoms with van der Waals surface area (Å²) in [6, 6.07) is 9.54. The smallest absolute Gasteiger partial charge is 0.113 e. The maximum atomic E-state index is 11.5. The minimum absolute atomic E-state index is 0.408. The average molecular weight is 200 g/mol. The monoisotopic (exact) mass is 200 g/mol. The highest BCUT2D eigenvalue weighted by molar-refractivity contribution is 8.69. The van der Waals surface area contributed by atoms with Gasteiger partial charge in [-0.1, -0.05) is 42.8 Å². The maximum Gasteiger partial charge on any atom is 0.113 e. The molecule has 0 heterocycles. The van der Waals surface area contributed by atoms with E-state index in [0.717, 1.165) is 4.90 Å². The van der Waals surface area contributed by atoms with Gasteiger partial charge in [-0.05, 0) is 12.1 Å². The first kappa shape index (κ1) is 9.81. The van der Waals surface area contributed by atoms with Gasteiger partial charge in [0.05, 0.1) is 0 Å². The van der Waals surface area contributed by atoms with Crippen LogP contribution in [-0.2, 0) is 9.83 Å². The van der Waals surface area contributed by atoms with Crippen molar-refractivity contribution >= 4 is 20.6 Å². The van der Waals surface area contributed by atoms with Gasteiger partial charge in [0.25, 0.3) is 0 Å². The molecule has 0 saturated heterocycles. The zero-order valence-electron chi connectivity index (χ0n) is 7.19. The zero-order valence-corrected chi connectivity index (χ0v) is 8.82. The number of benzene rings is 1. The van der Waals surface area contributed by atoms with Crippen molar-refractivity contribution in [1.29, 1.82) is 0 Å². The Kier molecular flexibility index (Phi) is 3.82. The van der Waals surface area contributed by atoms with E-state index in [1.54, 1.807) is 0 Å². The Bertz CT molecular complexity index is 256. The van der Waals surface area contributed by atoms with Gasteiger partial charge in [-0.2, -0.15) is 0 Å². The van der Waals surface area contributed by atoms with Crippen molar-refractivity contribution in [3.63, 3.8) is 0 Å². The van der Waals surface area contributed by atoms with E-state index >= 15 is 0 Å². The van der Waals surface area contributed by atoms with Crippen molar-refractivity contribution in [1.82, 2.24) is 0 Å². The summed E-state index contributed by atoms with van der Waals surface area (Å²) in [5.41, 5.74) is 0. The largest absolute Gasteiger partial charge is 0.243 e. The van der Waals surface area contributed by atoms with Crippen LogP contribution in [0.1, 0.15) is 13.8 Å². The van der Waals surface area contributed by atoms with E-state index in [1.165, 1.54) is 10.8 Å². The topological polar surface area (TPSA) is 17.1 Å². The third-order valence-electron chi connectivity index (χ3n) is 1.22. The van der Waals surface area contributed by atoms with Gasteiger partial charge in [0.2, 0.25) is 0 Å². The summed E-state index contributed by atoms with van der Waals surface area (Å²) < 4.78 is 11.5. The molecule has 1 atom stereocenters. The zero-order chi connectivity index (χ0) is 8.97. The molecule has 0 spiro atoms. The molecule has 0 fully saturated rings. The third kappa shape index (κ3) is 2.99. The van der Waals surface area contributed by atoms with E-state index in [9.17, 15) is 4.21 Å². The molecule has 0 saturated carbocycles. The van der Waals surface area contributed by atoms with Gasteiger partial charge in [-0.15, -0.1) is 0 Å². The van der Waals surface area contributed by atoms with Crippen molar-refractivity contribution in [2.24, 2.45) is 0 Å². The second kappa shape index (κ2) is 4.67. The first-order valence-corrected chi connectivity index (χ1v) is 6.38. The summed E-state index contributed by atoms with van der Waals surface area (Å²) in [4.78, 5) is 0.899. The highest BCUT2D eigenvalue weighted by Gasteiger charge is 2.05. The van der Waals surface area contributed by atoms with E-state index in [4.69, 9.17) is 0 Å². The van der Waals surface area contributed by atoms with Gasteiger partial charge in [0, 0.05) is 10.1 Å². The van der Waals surface area contributed by atoms with Crippen LogP contribution < -0.4 is 0 Å². The Balaban J connectivity index is 2.66. The molecular weight excluding hydrogens is 188 g/mol. The first-order valence-electron chi connectivity index (χ1n) is 3.84. The SMILES string of the molecule is CC(C)SS(=O)c1ccccc1. The van der Waals surface area contributed by atoms with Crippen LogP contribution in [0.2, 0.25) is 0 Å². The fourth-order valence-corrected chi connectivity index (χ4v) is 3.32. The Labute approximate surface area is 79.4 Å². The number of hydrogen-bond donors (Lipinski definition) is 0. The van der Waals surface area contributed by atoms with E-state index in [-0.39, 0.29) is 0 Å². The molecule has 0 amide bonds.